The lowest BCUT2D eigenvalue weighted by Crippen LogP contribution is -2.38. The van der Waals surface area contributed by atoms with Crippen molar-refractivity contribution in [3.8, 4) is 11.5 Å². The molecule has 2 aliphatic rings. The van der Waals surface area contributed by atoms with Crippen LogP contribution in [0.2, 0.25) is 0 Å². The highest BCUT2D eigenvalue weighted by Gasteiger charge is 2.32. The molecule has 114 valence electrons. The molecule has 0 aromatic heterocycles. The number of rotatable bonds is 4. The van der Waals surface area contributed by atoms with Gasteiger partial charge in [0.25, 0.3) is 0 Å². The normalized spacial score (nSPS) is 23.3. The molecule has 1 saturated heterocycles. The Kier molecular flexibility index (Phi) is 4.01. The first-order chi connectivity index (χ1) is 10.2. The maximum absolute atomic E-state index is 12.7. The fourth-order valence-electron chi connectivity index (χ4n) is 2.98. The molecule has 2 heterocycles. The molecule has 5 nitrogen and oxygen atoms in total. The Bertz CT molecular complexity index is 532. The molecule has 0 saturated carbocycles. The number of amides is 1. The van der Waals surface area contributed by atoms with Gasteiger partial charge in [-0.2, -0.15) is 0 Å². The lowest BCUT2D eigenvalue weighted by molar-refractivity contribution is -0.136. The number of benzene rings is 1. The summed E-state index contributed by atoms with van der Waals surface area (Å²) in [7, 11) is 0. The van der Waals surface area contributed by atoms with Crippen LogP contribution in [-0.2, 0) is 11.3 Å². The van der Waals surface area contributed by atoms with Gasteiger partial charge in [-0.3, -0.25) is 4.79 Å². The molecule has 1 aromatic carbocycles. The van der Waals surface area contributed by atoms with Crippen molar-refractivity contribution >= 4 is 5.91 Å². The van der Waals surface area contributed by atoms with Crippen LogP contribution in [-0.4, -0.2) is 37.2 Å². The number of ether oxygens (including phenoxy) is 2. The van der Waals surface area contributed by atoms with Gasteiger partial charge in [-0.25, -0.2) is 0 Å². The lowest BCUT2D eigenvalue weighted by atomic mass is 9.96. The van der Waals surface area contributed by atoms with Crippen LogP contribution in [0.15, 0.2) is 18.2 Å². The highest BCUT2D eigenvalue weighted by atomic mass is 16.7. The molecule has 0 aliphatic carbocycles. The topological polar surface area (TPSA) is 50.8 Å². The quantitative estimate of drug-likeness (QED) is 0.915. The fraction of sp³-hybridized carbons (Fsp3) is 0.562. The summed E-state index contributed by atoms with van der Waals surface area (Å²) < 4.78 is 10.7. The smallest absolute Gasteiger partial charge is 0.231 e. The van der Waals surface area contributed by atoms with E-state index in [0.29, 0.717) is 12.5 Å². The number of carbonyl (C=O) groups is 1. The average molecular weight is 290 g/mol. The number of hydrogen-bond donors (Lipinski definition) is 1. The molecule has 0 spiro atoms. The Labute approximate surface area is 125 Å². The standard InChI is InChI=1S/C16H22N2O3/c1-3-18(16(19)13-8-17-7-11(13)2)9-12-4-5-14-15(6-12)21-10-20-14/h4-6,11,13,17H,3,7-10H2,1-2H3. The average Bonchev–Trinajstić information content (AvgIpc) is 3.12. The second-order valence-electron chi connectivity index (χ2n) is 5.78. The van der Waals surface area contributed by atoms with Gasteiger partial charge in [-0.1, -0.05) is 13.0 Å². The molecule has 1 fully saturated rings. The van der Waals surface area contributed by atoms with E-state index in [4.69, 9.17) is 9.47 Å². The predicted molar refractivity (Wildman–Crippen MR) is 79.2 cm³/mol. The van der Waals surface area contributed by atoms with E-state index in [1.165, 1.54) is 0 Å². The molecule has 0 bridgehead atoms. The Morgan fingerprint density at radius 2 is 2.14 bits per heavy atom. The van der Waals surface area contributed by atoms with E-state index < -0.39 is 0 Å². The molecule has 2 unspecified atom stereocenters. The fourth-order valence-corrected chi connectivity index (χ4v) is 2.98. The predicted octanol–water partition coefficient (Wildman–Crippen LogP) is 1.62. The summed E-state index contributed by atoms with van der Waals surface area (Å²) in [6, 6.07) is 5.88. The van der Waals surface area contributed by atoms with Gasteiger partial charge in [0.05, 0.1) is 5.92 Å². The van der Waals surface area contributed by atoms with Crippen molar-refractivity contribution in [2.24, 2.45) is 11.8 Å². The number of fused-ring (bicyclic) bond motifs is 1. The third kappa shape index (κ3) is 2.83. The Balaban J connectivity index is 1.70. The molecule has 0 radical (unpaired) electrons. The van der Waals surface area contributed by atoms with Gasteiger partial charge in [0.1, 0.15) is 0 Å². The van der Waals surface area contributed by atoms with Crippen LogP contribution in [0.5, 0.6) is 11.5 Å². The van der Waals surface area contributed by atoms with E-state index >= 15 is 0 Å². The highest BCUT2D eigenvalue weighted by Crippen LogP contribution is 2.33. The van der Waals surface area contributed by atoms with Gasteiger partial charge in [-0.15, -0.1) is 0 Å². The van der Waals surface area contributed by atoms with Crippen molar-refractivity contribution in [1.29, 1.82) is 0 Å². The molecule has 1 N–H and O–H groups in total. The third-order valence-electron chi connectivity index (χ3n) is 4.34. The summed E-state index contributed by atoms with van der Waals surface area (Å²) >= 11 is 0. The zero-order valence-electron chi connectivity index (χ0n) is 12.6. The first-order valence-corrected chi connectivity index (χ1v) is 7.57. The number of hydrogen-bond acceptors (Lipinski definition) is 4. The van der Waals surface area contributed by atoms with Crippen LogP contribution in [0.25, 0.3) is 0 Å². The number of nitrogens with one attached hydrogen (secondary N) is 1. The van der Waals surface area contributed by atoms with Gasteiger partial charge in [-0.05, 0) is 37.1 Å². The van der Waals surface area contributed by atoms with E-state index in [1.807, 2.05) is 30.0 Å². The van der Waals surface area contributed by atoms with Crippen molar-refractivity contribution in [1.82, 2.24) is 10.2 Å². The maximum Gasteiger partial charge on any atom is 0.231 e. The number of carbonyl (C=O) groups excluding carboxylic acids is 1. The summed E-state index contributed by atoms with van der Waals surface area (Å²) in [5.41, 5.74) is 1.08. The summed E-state index contributed by atoms with van der Waals surface area (Å²) in [6.45, 7) is 7.50. The van der Waals surface area contributed by atoms with E-state index in [-0.39, 0.29) is 18.6 Å². The van der Waals surface area contributed by atoms with Crippen molar-refractivity contribution in [3.05, 3.63) is 23.8 Å². The van der Waals surface area contributed by atoms with Gasteiger partial charge < -0.3 is 19.7 Å². The Morgan fingerprint density at radius 1 is 1.33 bits per heavy atom. The SMILES string of the molecule is CCN(Cc1ccc2c(c1)OCO2)C(=O)C1CNCC1C. The van der Waals surface area contributed by atoms with Crippen molar-refractivity contribution in [3.63, 3.8) is 0 Å². The summed E-state index contributed by atoms with van der Waals surface area (Å²) in [6.07, 6.45) is 0. The molecule has 3 rings (SSSR count). The molecule has 21 heavy (non-hydrogen) atoms. The minimum Gasteiger partial charge on any atom is -0.454 e. The highest BCUT2D eigenvalue weighted by molar-refractivity contribution is 5.79. The van der Waals surface area contributed by atoms with Gasteiger partial charge in [0.2, 0.25) is 12.7 Å². The largest absolute Gasteiger partial charge is 0.454 e. The molecule has 2 aliphatic heterocycles. The molecular weight excluding hydrogens is 268 g/mol. The molecule has 5 heteroatoms. The van der Waals surface area contributed by atoms with Gasteiger partial charge in [0, 0.05) is 19.6 Å². The first kappa shape index (κ1) is 14.2. The molecule has 2 atom stereocenters. The second kappa shape index (κ2) is 5.93. The van der Waals surface area contributed by atoms with E-state index in [2.05, 4.69) is 12.2 Å². The molecule has 1 amide bonds. The Hall–Kier alpha value is -1.75. The van der Waals surface area contributed by atoms with E-state index in [1.54, 1.807) is 0 Å². The van der Waals surface area contributed by atoms with Crippen molar-refractivity contribution < 1.29 is 14.3 Å². The van der Waals surface area contributed by atoms with E-state index in [0.717, 1.165) is 36.7 Å². The minimum absolute atomic E-state index is 0.0963. The van der Waals surface area contributed by atoms with Gasteiger partial charge >= 0.3 is 0 Å². The van der Waals surface area contributed by atoms with Crippen molar-refractivity contribution in [2.75, 3.05) is 26.4 Å². The lowest BCUT2D eigenvalue weighted by Gasteiger charge is -2.26. The number of nitrogens with zero attached hydrogens (tertiary/aromatic N) is 1. The summed E-state index contributed by atoms with van der Waals surface area (Å²) in [5.74, 6) is 2.29. The van der Waals surface area contributed by atoms with Crippen LogP contribution in [0.3, 0.4) is 0 Å². The van der Waals surface area contributed by atoms with Crippen LogP contribution in [0.1, 0.15) is 19.4 Å². The zero-order valence-corrected chi connectivity index (χ0v) is 12.6. The van der Waals surface area contributed by atoms with Crippen LogP contribution in [0.4, 0.5) is 0 Å². The van der Waals surface area contributed by atoms with Gasteiger partial charge in [0.15, 0.2) is 11.5 Å². The molecular formula is C16H22N2O3. The first-order valence-electron chi connectivity index (χ1n) is 7.57. The van der Waals surface area contributed by atoms with Crippen molar-refractivity contribution in [2.45, 2.75) is 20.4 Å². The van der Waals surface area contributed by atoms with Crippen LogP contribution >= 0.6 is 0 Å². The monoisotopic (exact) mass is 290 g/mol. The van der Waals surface area contributed by atoms with Crippen LogP contribution in [0, 0.1) is 11.8 Å². The third-order valence-corrected chi connectivity index (χ3v) is 4.34. The van der Waals surface area contributed by atoms with E-state index in [9.17, 15) is 4.79 Å². The Morgan fingerprint density at radius 3 is 2.86 bits per heavy atom. The second-order valence-corrected chi connectivity index (χ2v) is 5.78. The molecule has 1 aromatic rings. The minimum atomic E-state index is 0.0963. The summed E-state index contributed by atoms with van der Waals surface area (Å²) in [4.78, 5) is 14.6. The summed E-state index contributed by atoms with van der Waals surface area (Å²) in [5, 5.41) is 3.30. The van der Waals surface area contributed by atoms with Crippen LogP contribution < -0.4 is 14.8 Å². The maximum atomic E-state index is 12.7. The zero-order chi connectivity index (χ0) is 14.8.